The van der Waals surface area contributed by atoms with Gasteiger partial charge in [-0.1, -0.05) is 35.9 Å². The van der Waals surface area contributed by atoms with Crippen molar-refractivity contribution in [3.05, 3.63) is 65.7 Å². The van der Waals surface area contributed by atoms with Crippen LogP contribution in [-0.2, 0) is 9.53 Å². The van der Waals surface area contributed by atoms with Crippen LogP contribution < -0.4 is 15.4 Å². The Morgan fingerprint density at radius 3 is 2.58 bits per heavy atom. The predicted octanol–water partition coefficient (Wildman–Crippen LogP) is 3.31. The Labute approximate surface area is 156 Å². The van der Waals surface area contributed by atoms with Crippen molar-refractivity contribution >= 4 is 34.9 Å². The van der Waals surface area contributed by atoms with Crippen molar-refractivity contribution in [1.29, 1.82) is 0 Å². The van der Waals surface area contributed by atoms with Crippen molar-refractivity contribution in [2.75, 3.05) is 30.9 Å². The molecule has 7 heteroatoms. The molecule has 0 aliphatic heterocycles. The van der Waals surface area contributed by atoms with Gasteiger partial charge in [-0.15, -0.1) is 6.58 Å². The highest BCUT2D eigenvalue weighted by Gasteiger charge is 2.20. The van der Waals surface area contributed by atoms with Crippen LogP contribution in [0.25, 0.3) is 0 Å². The minimum Gasteiger partial charge on any atom is -0.496 e. The molecule has 2 rings (SSSR count). The third-order valence-corrected chi connectivity index (χ3v) is 3.87. The summed E-state index contributed by atoms with van der Waals surface area (Å²) >= 11 is 5.95. The summed E-state index contributed by atoms with van der Waals surface area (Å²) in [5.74, 6) is -0.899. The number of nitrogens with zero attached hydrogens (tertiary/aromatic N) is 1. The Morgan fingerprint density at radius 2 is 1.96 bits per heavy atom. The number of carbonyl (C=O) groups is 2. The lowest BCUT2D eigenvalue weighted by Crippen LogP contribution is -2.34. The van der Waals surface area contributed by atoms with Crippen LogP contribution >= 0.6 is 11.6 Å². The molecule has 0 aliphatic carbocycles. The van der Waals surface area contributed by atoms with E-state index in [2.05, 4.69) is 6.58 Å². The van der Waals surface area contributed by atoms with E-state index in [1.807, 2.05) is 18.2 Å². The maximum atomic E-state index is 12.5. The molecular weight excluding hydrogens is 356 g/mol. The first-order valence-electron chi connectivity index (χ1n) is 7.74. The van der Waals surface area contributed by atoms with Gasteiger partial charge in [-0.2, -0.15) is 0 Å². The molecule has 2 N–H and O–H groups in total. The number of carbonyl (C=O) groups excluding carboxylic acids is 2. The number of halogens is 1. The molecule has 0 radical (unpaired) electrons. The molecule has 0 saturated heterocycles. The van der Waals surface area contributed by atoms with Gasteiger partial charge in [-0.25, -0.2) is 4.79 Å². The third-order valence-electron chi connectivity index (χ3n) is 3.55. The molecule has 2 aromatic rings. The number of rotatable bonds is 7. The van der Waals surface area contributed by atoms with Gasteiger partial charge in [-0.3, -0.25) is 4.79 Å². The Morgan fingerprint density at radius 1 is 1.27 bits per heavy atom. The number of hydrogen-bond acceptors (Lipinski definition) is 5. The fourth-order valence-electron chi connectivity index (χ4n) is 2.27. The van der Waals surface area contributed by atoms with Crippen molar-refractivity contribution < 1.29 is 19.1 Å². The van der Waals surface area contributed by atoms with E-state index in [0.717, 1.165) is 0 Å². The summed E-state index contributed by atoms with van der Waals surface area (Å²) in [6.45, 7) is 3.50. The van der Waals surface area contributed by atoms with Gasteiger partial charge in [0.25, 0.3) is 5.91 Å². The summed E-state index contributed by atoms with van der Waals surface area (Å²) in [4.78, 5) is 26.3. The van der Waals surface area contributed by atoms with Crippen molar-refractivity contribution in [2.45, 2.75) is 0 Å². The van der Waals surface area contributed by atoms with Gasteiger partial charge in [0, 0.05) is 18.3 Å². The standard InChI is InChI=1S/C19H19ClN2O4/c1-3-9-22(13-7-5-4-6-8-13)18(23)12-26-19(24)14-10-15(20)16(21)11-17(14)25-2/h3-8,10-11H,1,9,12,21H2,2H3. The average Bonchev–Trinajstić information content (AvgIpc) is 2.66. The molecule has 26 heavy (non-hydrogen) atoms. The molecule has 1 amide bonds. The average molecular weight is 375 g/mol. The molecule has 0 saturated carbocycles. The topological polar surface area (TPSA) is 81.9 Å². The smallest absolute Gasteiger partial charge is 0.342 e. The normalized spacial score (nSPS) is 10.1. The number of anilines is 2. The Kier molecular flexibility index (Phi) is 6.63. The molecule has 0 unspecified atom stereocenters. The zero-order valence-corrected chi connectivity index (χ0v) is 15.0. The summed E-state index contributed by atoms with van der Waals surface area (Å²) in [5, 5.41) is 0.196. The quantitative estimate of drug-likeness (QED) is 0.457. The third kappa shape index (κ3) is 4.55. The van der Waals surface area contributed by atoms with Crippen molar-refractivity contribution in [3.63, 3.8) is 0 Å². The zero-order chi connectivity index (χ0) is 19.1. The summed E-state index contributed by atoms with van der Waals surface area (Å²) in [5.41, 5.74) is 6.74. The maximum Gasteiger partial charge on any atom is 0.342 e. The number of nitrogens with two attached hydrogens (primary N) is 1. The minimum atomic E-state index is -0.733. The van der Waals surface area contributed by atoms with Gasteiger partial charge in [0.2, 0.25) is 0 Å². The van der Waals surface area contributed by atoms with Crippen LogP contribution in [0.2, 0.25) is 5.02 Å². The molecule has 0 atom stereocenters. The van der Waals surface area contributed by atoms with Crippen LogP contribution in [0.3, 0.4) is 0 Å². The molecule has 0 aromatic heterocycles. The predicted molar refractivity (Wildman–Crippen MR) is 102 cm³/mol. The van der Waals surface area contributed by atoms with Gasteiger partial charge < -0.3 is 20.1 Å². The SMILES string of the molecule is C=CCN(C(=O)COC(=O)c1cc(Cl)c(N)cc1OC)c1ccccc1. The van der Waals surface area contributed by atoms with E-state index in [1.165, 1.54) is 24.1 Å². The molecule has 6 nitrogen and oxygen atoms in total. The maximum absolute atomic E-state index is 12.5. The van der Waals surface area contributed by atoms with Crippen LogP contribution in [0.1, 0.15) is 10.4 Å². The first-order chi connectivity index (χ1) is 12.5. The molecule has 0 bridgehead atoms. The first kappa shape index (κ1) is 19.3. The van der Waals surface area contributed by atoms with E-state index in [1.54, 1.807) is 18.2 Å². The number of methoxy groups -OCH3 is 1. The van der Waals surface area contributed by atoms with E-state index in [4.69, 9.17) is 26.8 Å². The Hall–Kier alpha value is -2.99. The van der Waals surface area contributed by atoms with E-state index >= 15 is 0 Å². The summed E-state index contributed by atoms with van der Waals surface area (Å²) in [7, 11) is 1.39. The monoisotopic (exact) mass is 374 g/mol. The van der Waals surface area contributed by atoms with Gasteiger partial charge in [0.1, 0.15) is 11.3 Å². The number of nitrogen functional groups attached to an aromatic ring is 1. The van der Waals surface area contributed by atoms with Gasteiger partial charge >= 0.3 is 5.97 Å². The molecule has 136 valence electrons. The highest BCUT2D eigenvalue weighted by molar-refractivity contribution is 6.33. The fraction of sp³-hybridized carbons (Fsp3) is 0.158. The van der Waals surface area contributed by atoms with E-state index in [-0.39, 0.29) is 34.5 Å². The Balaban J connectivity index is 2.12. The van der Waals surface area contributed by atoms with Crippen molar-refractivity contribution in [3.8, 4) is 5.75 Å². The second-order valence-corrected chi connectivity index (χ2v) is 5.69. The number of esters is 1. The van der Waals surface area contributed by atoms with Crippen LogP contribution in [-0.4, -0.2) is 32.1 Å². The number of hydrogen-bond donors (Lipinski definition) is 1. The molecule has 0 fully saturated rings. The van der Waals surface area contributed by atoms with Gasteiger partial charge in [0.15, 0.2) is 6.61 Å². The second-order valence-electron chi connectivity index (χ2n) is 5.28. The second kappa shape index (κ2) is 8.92. The number of benzene rings is 2. The molecular formula is C19H19ClN2O4. The lowest BCUT2D eigenvalue weighted by molar-refractivity contribution is -0.121. The molecule has 0 heterocycles. The first-order valence-corrected chi connectivity index (χ1v) is 8.12. The lowest BCUT2D eigenvalue weighted by Gasteiger charge is -2.21. The Bertz CT molecular complexity index is 809. The van der Waals surface area contributed by atoms with Gasteiger partial charge in [-0.05, 0) is 18.2 Å². The summed E-state index contributed by atoms with van der Waals surface area (Å²) in [6, 6.07) is 11.8. The fourth-order valence-corrected chi connectivity index (χ4v) is 2.43. The lowest BCUT2D eigenvalue weighted by atomic mass is 10.2. The number of amides is 1. The zero-order valence-electron chi connectivity index (χ0n) is 14.3. The minimum absolute atomic E-state index is 0.0921. The van der Waals surface area contributed by atoms with E-state index in [0.29, 0.717) is 5.69 Å². The molecule has 0 spiro atoms. The van der Waals surface area contributed by atoms with E-state index < -0.39 is 12.6 Å². The largest absolute Gasteiger partial charge is 0.496 e. The van der Waals surface area contributed by atoms with Crippen LogP contribution in [0.4, 0.5) is 11.4 Å². The van der Waals surface area contributed by atoms with Crippen LogP contribution in [0.5, 0.6) is 5.75 Å². The van der Waals surface area contributed by atoms with Crippen LogP contribution in [0, 0.1) is 0 Å². The highest BCUT2D eigenvalue weighted by Crippen LogP contribution is 2.29. The van der Waals surface area contributed by atoms with E-state index in [9.17, 15) is 9.59 Å². The number of para-hydroxylation sites is 1. The summed E-state index contributed by atoms with van der Waals surface area (Å²) in [6.07, 6.45) is 1.59. The van der Waals surface area contributed by atoms with Gasteiger partial charge in [0.05, 0.1) is 17.8 Å². The molecule has 2 aromatic carbocycles. The van der Waals surface area contributed by atoms with Crippen LogP contribution in [0.15, 0.2) is 55.1 Å². The van der Waals surface area contributed by atoms with Crippen molar-refractivity contribution in [2.24, 2.45) is 0 Å². The highest BCUT2D eigenvalue weighted by atomic mass is 35.5. The van der Waals surface area contributed by atoms with Crippen molar-refractivity contribution in [1.82, 2.24) is 0 Å². The summed E-state index contributed by atoms with van der Waals surface area (Å²) < 4.78 is 10.2. The molecule has 0 aliphatic rings. The number of ether oxygens (including phenoxy) is 2.